The highest BCUT2D eigenvalue weighted by Gasteiger charge is 2.31. The van der Waals surface area contributed by atoms with E-state index in [1.54, 1.807) is 24.3 Å². The molecule has 0 spiro atoms. The predicted octanol–water partition coefficient (Wildman–Crippen LogP) is 4.74. The number of nitrogens with one attached hydrogen (secondary N) is 1. The Labute approximate surface area is 129 Å². The standard InChI is InChI=1S/C14H10ClF3N2S/c15-9-2-1-3-10(7-9)20-12-5-4-8(14(16,17)18)6-11(12)13(19)21/h1-7,20H,(H2,19,21). The van der Waals surface area contributed by atoms with Crippen molar-refractivity contribution in [3.63, 3.8) is 0 Å². The molecule has 2 aromatic rings. The molecule has 0 aromatic heterocycles. The second-order valence-electron chi connectivity index (χ2n) is 4.26. The Hall–Kier alpha value is -1.79. The van der Waals surface area contributed by atoms with E-state index >= 15 is 0 Å². The minimum Gasteiger partial charge on any atom is -0.389 e. The molecule has 110 valence electrons. The van der Waals surface area contributed by atoms with Gasteiger partial charge in [-0.25, -0.2) is 0 Å². The van der Waals surface area contributed by atoms with Gasteiger partial charge in [-0.1, -0.05) is 29.9 Å². The molecule has 0 aliphatic carbocycles. The van der Waals surface area contributed by atoms with Crippen LogP contribution in [0.2, 0.25) is 5.02 Å². The summed E-state index contributed by atoms with van der Waals surface area (Å²) in [6.07, 6.45) is -4.45. The maximum Gasteiger partial charge on any atom is 0.416 e. The van der Waals surface area contributed by atoms with Crippen LogP contribution in [0.15, 0.2) is 42.5 Å². The van der Waals surface area contributed by atoms with Gasteiger partial charge in [-0.15, -0.1) is 0 Å². The third kappa shape index (κ3) is 3.86. The lowest BCUT2D eigenvalue weighted by atomic mass is 10.1. The van der Waals surface area contributed by atoms with Crippen molar-refractivity contribution in [1.82, 2.24) is 0 Å². The summed E-state index contributed by atoms with van der Waals surface area (Å²) in [4.78, 5) is -0.120. The van der Waals surface area contributed by atoms with Crippen LogP contribution in [-0.4, -0.2) is 4.99 Å². The summed E-state index contributed by atoms with van der Waals surface area (Å²) in [5.41, 5.74) is 5.84. The molecule has 0 atom stereocenters. The summed E-state index contributed by atoms with van der Waals surface area (Å²) in [6.45, 7) is 0. The van der Waals surface area contributed by atoms with Crippen molar-refractivity contribution in [1.29, 1.82) is 0 Å². The molecular weight excluding hydrogens is 321 g/mol. The van der Waals surface area contributed by atoms with Gasteiger partial charge < -0.3 is 11.1 Å². The number of hydrogen-bond donors (Lipinski definition) is 2. The van der Waals surface area contributed by atoms with E-state index in [9.17, 15) is 13.2 Å². The van der Waals surface area contributed by atoms with E-state index in [0.717, 1.165) is 12.1 Å². The minimum atomic E-state index is -4.45. The molecule has 0 aliphatic rings. The van der Waals surface area contributed by atoms with Gasteiger partial charge in [0.25, 0.3) is 0 Å². The molecule has 7 heteroatoms. The van der Waals surface area contributed by atoms with E-state index in [1.807, 2.05) is 0 Å². The van der Waals surface area contributed by atoms with Gasteiger partial charge in [-0.3, -0.25) is 0 Å². The quantitative estimate of drug-likeness (QED) is 0.798. The van der Waals surface area contributed by atoms with E-state index in [2.05, 4.69) is 5.32 Å². The molecule has 0 heterocycles. The van der Waals surface area contributed by atoms with Gasteiger partial charge in [-0.2, -0.15) is 13.2 Å². The Balaban J connectivity index is 2.42. The Bertz CT molecular complexity index is 686. The third-order valence-electron chi connectivity index (χ3n) is 2.72. The summed E-state index contributed by atoms with van der Waals surface area (Å²) in [7, 11) is 0. The summed E-state index contributed by atoms with van der Waals surface area (Å²) >= 11 is 10.7. The van der Waals surface area contributed by atoms with Crippen molar-refractivity contribution in [3.05, 3.63) is 58.6 Å². The van der Waals surface area contributed by atoms with Crippen LogP contribution in [0.1, 0.15) is 11.1 Å². The molecule has 0 radical (unpaired) electrons. The van der Waals surface area contributed by atoms with Gasteiger partial charge in [0.2, 0.25) is 0 Å². The SMILES string of the molecule is NC(=S)c1cc(C(F)(F)F)ccc1Nc1cccc(Cl)c1. The molecule has 2 rings (SSSR count). The highest BCUT2D eigenvalue weighted by atomic mass is 35.5. The first-order valence-corrected chi connectivity index (χ1v) is 6.59. The highest BCUT2D eigenvalue weighted by Crippen LogP contribution is 2.33. The van der Waals surface area contributed by atoms with Gasteiger partial charge in [0.05, 0.1) is 5.56 Å². The third-order valence-corrected chi connectivity index (χ3v) is 3.17. The molecular formula is C14H10ClF3N2S. The molecule has 21 heavy (non-hydrogen) atoms. The van der Waals surface area contributed by atoms with E-state index in [0.29, 0.717) is 16.4 Å². The van der Waals surface area contributed by atoms with Gasteiger partial charge in [-0.05, 0) is 36.4 Å². The van der Waals surface area contributed by atoms with Crippen molar-refractivity contribution >= 4 is 40.2 Å². The van der Waals surface area contributed by atoms with Gasteiger partial charge >= 0.3 is 6.18 Å². The smallest absolute Gasteiger partial charge is 0.389 e. The summed E-state index contributed by atoms with van der Waals surface area (Å²) < 4.78 is 38.2. The molecule has 2 aromatic carbocycles. The zero-order valence-corrected chi connectivity index (χ0v) is 12.1. The molecule has 0 bridgehead atoms. The number of alkyl halides is 3. The summed E-state index contributed by atoms with van der Waals surface area (Å²) in [5.74, 6) is 0. The summed E-state index contributed by atoms with van der Waals surface area (Å²) in [5, 5.41) is 3.46. The van der Waals surface area contributed by atoms with Gasteiger partial charge in [0.15, 0.2) is 0 Å². The number of halogens is 4. The Kier molecular flexibility index (Phi) is 4.39. The number of thiocarbonyl (C=S) groups is 1. The van der Waals surface area contributed by atoms with E-state index in [4.69, 9.17) is 29.6 Å². The zero-order chi connectivity index (χ0) is 15.6. The van der Waals surface area contributed by atoms with Crippen LogP contribution >= 0.6 is 23.8 Å². The Morgan fingerprint density at radius 2 is 1.86 bits per heavy atom. The van der Waals surface area contributed by atoms with Crippen LogP contribution in [0.3, 0.4) is 0 Å². The van der Waals surface area contributed by atoms with Crippen molar-refractivity contribution < 1.29 is 13.2 Å². The zero-order valence-electron chi connectivity index (χ0n) is 10.5. The average molecular weight is 331 g/mol. The molecule has 2 nitrogen and oxygen atoms in total. The number of hydrogen-bond acceptors (Lipinski definition) is 2. The number of benzene rings is 2. The van der Waals surface area contributed by atoms with Crippen molar-refractivity contribution in [2.24, 2.45) is 5.73 Å². The van der Waals surface area contributed by atoms with Crippen LogP contribution in [0.4, 0.5) is 24.5 Å². The predicted molar refractivity (Wildman–Crippen MR) is 82.1 cm³/mol. The molecule has 0 unspecified atom stereocenters. The first-order chi connectivity index (χ1) is 9.77. The van der Waals surface area contributed by atoms with Crippen LogP contribution in [0.25, 0.3) is 0 Å². The fourth-order valence-electron chi connectivity index (χ4n) is 1.76. The van der Waals surface area contributed by atoms with Crippen LogP contribution in [-0.2, 0) is 6.18 Å². The number of rotatable bonds is 3. The molecule has 0 saturated carbocycles. The fraction of sp³-hybridized carbons (Fsp3) is 0.0714. The lowest BCUT2D eigenvalue weighted by molar-refractivity contribution is -0.137. The molecule has 0 amide bonds. The van der Waals surface area contributed by atoms with E-state index in [1.165, 1.54) is 6.07 Å². The molecule has 3 N–H and O–H groups in total. The maximum atomic E-state index is 12.7. The van der Waals surface area contributed by atoms with Crippen LogP contribution in [0.5, 0.6) is 0 Å². The largest absolute Gasteiger partial charge is 0.416 e. The lowest BCUT2D eigenvalue weighted by Gasteiger charge is -2.14. The first-order valence-electron chi connectivity index (χ1n) is 5.81. The molecule has 0 fully saturated rings. The molecule has 0 saturated heterocycles. The van der Waals surface area contributed by atoms with Crippen LogP contribution < -0.4 is 11.1 Å². The van der Waals surface area contributed by atoms with Gasteiger partial charge in [0.1, 0.15) is 4.99 Å². The topological polar surface area (TPSA) is 38.0 Å². The van der Waals surface area contributed by atoms with Crippen molar-refractivity contribution in [2.45, 2.75) is 6.18 Å². The summed E-state index contributed by atoms with van der Waals surface area (Å²) in [6, 6.07) is 9.96. The first kappa shape index (κ1) is 15.6. The fourth-order valence-corrected chi connectivity index (χ4v) is 2.11. The average Bonchev–Trinajstić information content (AvgIpc) is 2.37. The minimum absolute atomic E-state index is 0.120. The lowest BCUT2D eigenvalue weighted by Crippen LogP contribution is -2.14. The second kappa shape index (κ2) is 5.91. The second-order valence-corrected chi connectivity index (χ2v) is 5.13. The monoisotopic (exact) mass is 330 g/mol. The Morgan fingerprint density at radius 3 is 2.43 bits per heavy atom. The van der Waals surface area contributed by atoms with E-state index in [-0.39, 0.29) is 10.6 Å². The Morgan fingerprint density at radius 1 is 1.14 bits per heavy atom. The highest BCUT2D eigenvalue weighted by molar-refractivity contribution is 7.80. The number of nitrogens with two attached hydrogens (primary N) is 1. The van der Waals surface area contributed by atoms with E-state index < -0.39 is 11.7 Å². The van der Waals surface area contributed by atoms with Crippen molar-refractivity contribution in [2.75, 3.05) is 5.32 Å². The number of anilines is 2. The molecule has 0 aliphatic heterocycles. The maximum absolute atomic E-state index is 12.7. The van der Waals surface area contributed by atoms with Crippen molar-refractivity contribution in [3.8, 4) is 0 Å². The van der Waals surface area contributed by atoms with Gasteiger partial charge in [0, 0.05) is 22.0 Å². The van der Waals surface area contributed by atoms with Crippen LogP contribution in [0, 0.1) is 0 Å². The normalized spacial score (nSPS) is 11.2.